The standard InChI is InChI=1S/C14H12ClF3N4O2/c1-22(2)13(23)20-8-3-4-10(9(7-8)14(16,17)18)24-11-5-6-19-12(15)21-11/h3-7H,1-2H3,(H,20,23). The summed E-state index contributed by atoms with van der Waals surface area (Å²) in [5, 5.41) is 2.18. The second-order valence-electron chi connectivity index (χ2n) is 4.80. The van der Waals surface area contributed by atoms with Crippen LogP contribution in [-0.4, -0.2) is 35.0 Å². The second kappa shape index (κ2) is 6.91. The third kappa shape index (κ3) is 4.48. The number of rotatable bonds is 3. The van der Waals surface area contributed by atoms with Crippen molar-refractivity contribution in [2.45, 2.75) is 6.18 Å². The van der Waals surface area contributed by atoms with Gasteiger partial charge in [-0.15, -0.1) is 0 Å². The molecule has 1 aromatic heterocycles. The lowest BCUT2D eigenvalue weighted by molar-refractivity contribution is -0.138. The number of anilines is 1. The van der Waals surface area contributed by atoms with E-state index in [1.807, 2.05) is 0 Å². The van der Waals surface area contributed by atoms with E-state index in [0.717, 1.165) is 12.1 Å². The number of amides is 2. The van der Waals surface area contributed by atoms with E-state index < -0.39 is 23.5 Å². The van der Waals surface area contributed by atoms with Crippen molar-refractivity contribution in [3.63, 3.8) is 0 Å². The fraction of sp³-hybridized carbons (Fsp3) is 0.214. The number of carbonyl (C=O) groups excluding carboxylic acids is 1. The number of ether oxygens (including phenoxy) is 1. The van der Waals surface area contributed by atoms with Gasteiger partial charge in [0.25, 0.3) is 0 Å². The van der Waals surface area contributed by atoms with Crippen LogP contribution in [0.4, 0.5) is 23.7 Å². The first-order valence-corrected chi connectivity index (χ1v) is 6.90. The van der Waals surface area contributed by atoms with Crippen LogP contribution in [-0.2, 0) is 6.18 Å². The molecule has 2 amide bonds. The zero-order valence-electron chi connectivity index (χ0n) is 12.6. The number of alkyl halides is 3. The number of benzene rings is 1. The topological polar surface area (TPSA) is 67.4 Å². The van der Waals surface area contributed by atoms with Crippen LogP contribution in [0, 0.1) is 0 Å². The number of hydrogen-bond donors (Lipinski definition) is 1. The molecule has 1 N–H and O–H groups in total. The highest BCUT2D eigenvalue weighted by Gasteiger charge is 2.35. The normalized spacial score (nSPS) is 11.1. The molecule has 128 valence electrons. The van der Waals surface area contributed by atoms with Crippen LogP contribution in [0.1, 0.15) is 5.56 Å². The predicted molar refractivity (Wildman–Crippen MR) is 81.3 cm³/mol. The minimum Gasteiger partial charge on any atom is -0.438 e. The monoisotopic (exact) mass is 360 g/mol. The van der Waals surface area contributed by atoms with Crippen LogP contribution in [0.5, 0.6) is 11.6 Å². The highest BCUT2D eigenvalue weighted by Crippen LogP contribution is 2.39. The minimum atomic E-state index is -4.69. The molecule has 0 aliphatic carbocycles. The molecule has 0 spiro atoms. The molecule has 24 heavy (non-hydrogen) atoms. The van der Waals surface area contributed by atoms with Crippen molar-refractivity contribution in [3.8, 4) is 11.6 Å². The van der Waals surface area contributed by atoms with Gasteiger partial charge in [0.1, 0.15) is 11.3 Å². The summed E-state index contributed by atoms with van der Waals surface area (Å²) in [6.45, 7) is 0. The Morgan fingerprint density at radius 3 is 2.58 bits per heavy atom. The fourth-order valence-corrected chi connectivity index (χ4v) is 1.78. The van der Waals surface area contributed by atoms with E-state index in [2.05, 4.69) is 15.3 Å². The summed E-state index contributed by atoms with van der Waals surface area (Å²) in [7, 11) is 2.94. The van der Waals surface area contributed by atoms with Gasteiger partial charge in [-0.25, -0.2) is 9.78 Å². The number of urea groups is 1. The molecule has 1 aromatic carbocycles. The Labute approximate surface area is 140 Å². The first kappa shape index (κ1) is 17.8. The number of carbonyl (C=O) groups is 1. The quantitative estimate of drug-likeness (QED) is 0.839. The van der Waals surface area contributed by atoms with E-state index in [0.29, 0.717) is 0 Å². The first-order valence-electron chi connectivity index (χ1n) is 6.53. The van der Waals surface area contributed by atoms with Crippen molar-refractivity contribution >= 4 is 23.3 Å². The molecule has 6 nitrogen and oxygen atoms in total. The molecule has 0 saturated carbocycles. The summed E-state index contributed by atoms with van der Waals surface area (Å²) in [4.78, 5) is 20.0. The average Bonchev–Trinajstić information content (AvgIpc) is 2.47. The van der Waals surface area contributed by atoms with Crippen molar-refractivity contribution in [2.24, 2.45) is 0 Å². The molecule has 1 heterocycles. The van der Waals surface area contributed by atoms with Crippen molar-refractivity contribution in [2.75, 3.05) is 19.4 Å². The van der Waals surface area contributed by atoms with E-state index in [1.54, 1.807) is 0 Å². The lowest BCUT2D eigenvalue weighted by Gasteiger charge is -2.16. The van der Waals surface area contributed by atoms with E-state index in [4.69, 9.17) is 16.3 Å². The number of nitrogens with zero attached hydrogens (tertiary/aromatic N) is 3. The van der Waals surface area contributed by atoms with E-state index in [-0.39, 0.29) is 16.9 Å². The van der Waals surface area contributed by atoms with Gasteiger partial charge in [0.05, 0.1) is 0 Å². The van der Waals surface area contributed by atoms with Crippen LogP contribution in [0.2, 0.25) is 5.28 Å². The molecule has 0 fully saturated rings. The van der Waals surface area contributed by atoms with Gasteiger partial charge >= 0.3 is 12.2 Å². The van der Waals surface area contributed by atoms with Gasteiger partial charge in [-0.2, -0.15) is 18.2 Å². The van der Waals surface area contributed by atoms with Gasteiger partial charge in [0.15, 0.2) is 0 Å². The first-order chi connectivity index (χ1) is 11.2. The fourth-order valence-electron chi connectivity index (χ4n) is 1.64. The number of halogens is 4. The molecular formula is C14H12ClF3N4O2. The lowest BCUT2D eigenvalue weighted by Crippen LogP contribution is -2.27. The molecule has 0 aliphatic heterocycles. The van der Waals surface area contributed by atoms with Crippen molar-refractivity contribution in [3.05, 3.63) is 41.3 Å². The maximum atomic E-state index is 13.2. The van der Waals surface area contributed by atoms with Gasteiger partial charge in [-0.05, 0) is 29.8 Å². The Hall–Kier alpha value is -2.55. The van der Waals surface area contributed by atoms with E-state index in [1.165, 1.54) is 37.3 Å². The number of aromatic nitrogens is 2. The smallest absolute Gasteiger partial charge is 0.420 e. The molecule has 0 bridgehead atoms. The van der Waals surface area contributed by atoms with Crippen LogP contribution < -0.4 is 10.1 Å². The molecule has 2 rings (SSSR count). The van der Waals surface area contributed by atoms with Crippen molar-refractivity contribution in [1.82, 2.24) is 14.9 Å². The molecule has 2 aromatic rings. The SMILES string of the molecule is CN(C)C(=O)Nc1ccc(Oc2ccnc(Cl)n2)c(C(F)(F)F)c1. The van der Waals surface area contributed by atoms with Gasteiger partial charge in [0, 0.05) is 32.0 Å². The maximum Gasteiger partial charge on any atom is 0.420 e. The van der Waals surface area contributed by atoms with Gasteiger partial charge in [-0.3, -0.25) is 0 Å². The summed E-state index contributed by atoms with van der Waals surface area (Å²) >= 11 is 5.58. The minimum absolute atomic E-state index is 0.0194. The Kier molecular flexibility index (Phi) is 5.13. The highest BCUT2D eigenvalue weighted by molar-refractivity contribution is 6.28. The number of nitrogens with one attached hydrogen (secondary N) is 1. The summed E-state index contributed by atoms with van der Waals surface area (Å²) in [5.41, 5.74) is -1.08. The lowest BCUT2D eigenvalue weighted by atomic mass is 10.1. The van der Waals surface area contributed by atoms with E-state index in [9.17, 15) is 18.0 Å². The Bertz CT molecular complexity index is 753. The Morgan fingerprint density at radius 2 is 2.00 bits per heavy atom. The molecule has 0 atom stereocenters. The van der Waals surface area contributed by atoms with Crippen LogP contribution >= 0.6 is 11.6 Å². The Balaban J connectivity index is 2.35. The van der Waals surface area contributed by atoms with Crippen LogP contribution in [0.25, 0.3) is 0 Å². The molecule has 0 radical (unpaired) electrons. The molecule has 0 aliphatic rings. The maximum absolute atomic E-state index is 13.2. The largest absolute Gasteiger partial charge is 0.438 e. The predicted octanol–water partition coefficient (Wildman–Crippen LogP) is 4.03. The van der Waals surface area contributed by atoms with Crippen molar-refractivity contribution in [1.29, 1.82) is 0 Å². The zero-order valence-corrected chi connectivity index (χ0v) is 13.3. The van der Waals surface area contributed by atoms with Crippen molar-refractivity contribution < 1.29 is 22.7 Å². The molecule has 0 saturated heterocycles. The summed E-state index contributed by atoms with van der Waals surface area (Å²) in [6, 6.07) is 3.87. The number of hydrogen-bond acceptors (Lipinski definition) is 4. The third-order valence-corrected chi connectivity index (χ3v) is 2.94. The zero-order chi connectivity index (χ0) is 17.9. The third-order valence-electron chi connectivity index (χ3n) is 2.76. The molecular weight excluding hydrogens is 349 g/mol. The molecule has 0 unspecified atom stereocenters. The molecule has 10 heteroatoms. The second-order valence-corrected chi connectivity index (χ2v) is 5.14. The summed E-state index contributed by atoms with van der Waals surface area (Å²) < 4.78 is 44.9. The average molecular weight is 361 g/mol. The van der Waals surface area contributed by atoms with Gasteiger partial charge < -0.3 is 15.0 Å². The highest BCUT2D eigenvalue weighted by atomic mass is 35.5. The Morgan fingerprint density at radius 1 is 1.29 bits per heavy atom. The van der Waals surface area contributed by atoms with Crippen LogP contribution in [0.15, 0.2) is 30.5 Å². The van der Waals surface area contributed by atoms with Crippen LogP contribution in [0.3, 0.4) is 0 Å². The summed E-state index contributed by atoms with van der Waals surface area (Å²) in [6.07, 6.45) is -3.44. The van der Waals surface area contributed by atoms with Gasteiger partial charge in [0.2, 0.25) is 11.2 Å². The summed E-state index contributed by atoms with van der Waals surface area (Å²) in [5.74, 6) is -0.606. The van der Waals surface area contributed by atoms with Gasteiger partial charge in [-0.1, -0.05) is 0 Å². The van der Waals surface area contributed by atoms with E-state index >= 15 is 0 Å².